The van der Waals surface area contributed by atoms with Gasteiger partial charge in [0.05, 0.1) is 6.04 Å². The Morgan fingerprint density at radius 3 is 2.63 bits per heavy atom. The van der Waals surface area contributed by atoms with Gasteiger partial charge in [0.25, 0.3) is 0 Å². The minimum Gasteiger partial charge on any atom is -0.334 e. The van der Waals surface area contributed by atoms with Gasteiger partial charge in [-0.15, -0.1) is 0 Å². The van der Waals surface area contributed by atoms with Crippen LogP contribution < -0.4 is 5.73 Å². The monoisotopic (exact) mass is 297 g/mol. The lowest BCUT2D eigenvalue weighted by molar-refractivity contribution is 0.574. The minimum atomic E-state index is -0.209. The predicted octanol–water partition coefficient (Wildman–Crippen LogP) is 3.84. The normalized spacial score (nSPS) is 12.6. The van der Waals surface area contributed by atoms with Crippen LogP contribution in [0.4, 0.5) is 0 Å². The average Bonchev–Trinajstić information content (AvgIpc) is 2.83. The van der Waals surface area contributed by atoms with Crippen molar-refractivity contribution in [1.82, 2.24) is 9.55 Å². The van der Waals surface area contributed by atoms with Crippen LogP contribution in [0.25, 0.3) is 0 Å². The molecule has 1 aromatic heterocycles. The number of aromatic nitrogens is 2. The van der Waals surface area contributed by atoms with Crippen molar-refractivity contribution in [2.24, 2.45) is 5.73 Å². The van der Waals surface area contributed by atoms with E-state index in [4.69, 9.17) is 28.9 Å². The van der Waals surface area contributed by atoms with Crippen molar-refractivity contribution in [2.45, 2.75) is 32.4 Å². The SMILES string of the molecule is CCCn1ccnc1C(N)Cc1c(Cl)cccc1Cl. The molecule has 0 aliphatic rings. The van der Waals surface area contributed by atoms with Crippen LogP contribution >= 0.6 is 23.2 Å². The summed E-state index contributed by atoms with van der Waals surface area (Å²) in [6, 6.07) is 5.28. The number of aryl methyl sites for hydroxylation is 1. The van der Waals surface area contributed by atoms with Gasteiger partial charge in [0, 0.05) is 29.0 Å². The molecular weight excluding hydrogens is 281 g/mol. The summed E-state index contributed by atoms with van der Waals surface area (Å²) in [5.74, 6) is 0.873. The van der Waals surface area contributed by atoms with Crippen LogP contribution in [-0.2, 0) is 13.0 Å². The minimum absolute atomic E-state index is 0.209. The molecule has 1 unspecified atom stereocenters. The summed E-state index contributed by atoms with van der Waals surface area (Å²) in [4.78, 5) is 4.34. The van der Waals surface area contributed by atoms with Crippen molar-refractivity contribution < 1.29 is 0 Å². The molecule has 0 aliphatic heterocycles. The number of nitrogens with zero attached hydrogens (tertiary/aromatic N) is 2. The Hall–Kier alpha value is -1.03. The van der Waals surface area contributed by atoms with E-state index < -0.39 is 0 Å². The molecule has 2 aromatic rings. The van der Waals surface area contributed by atoms with Crippen LogP contribution in [0.1, 0.15) is 30.8 Å². The highest BCUT2D eigenvalue weighted by atomic mass is 35.5. The molecule has 0 spiro atoms. The maximum absolute atomic E-state index is 6.24. The molecule has 102 valence electrons. The highest BCUT2D eigenvalue weighted by molar-refractivity contribution is 6.35. The van der Waals surface area contributed by atoms with Gasteiger partial charge in [-0.25, -0.2) is 4.98 Å². The molecule has 2 rings (SSSR count). The van der Waals surface area contributed by atoms with E-state index in [1.807, 2.05) is 24.4 Å². The first kappa shape index (κ1) is 14.4. The third-order valence-corrected chi connectivity index (χ3v) is 3.74. The van der Waals surface area contributed by atoms with Crippen LogP contribution in [-0.4, -0.2) is 9.55 Å². The van der Waals surface area contributed by atoms with Crippen LogP contribution in [0.15, 0.2) is 30.6 Å². The number of nitrogens with two attached hydrogens (primary N) is 1. The summed E-state index contributed by atoms with van der Waals surface area (Å²) >= 11 is 12.3. The third kappa shape index (κ3) is 3.30. The fourth-order valence-electron chi connectivity index (χ4n) is 2.12. The van der Waals surface area contributed by atoms with Gasteiger partial charge in [0.15, 0.2) is 0 Å². The smallest absolute Gasteiger partial charge is 0.125 e. The van der Waals surface area contributed by atoms with Gasteiger partial charge in [0.2, 0.25) is 0 Å². The molecule has 5 heteroatoms. The van der Waals surface area contributed by atoms with Gasteiger partial charge in [0.1, 0.15) is 5.82 Å². The van der Waals surface area contributed by atoms with Crippen molar-refractivity contribution in [2.75, 3.05) is 0 Å². The Morgan fingerprint density at radius 2 is 2.00 bits per heavy atom. The Morgan fingerprint density at radius 1 is 1.32 bits per heavy atom. The van der Waals surface area contributed by atoms with Crippen LogP contribution in [0.2, 0.25) is 10.0 Å². The number of rotatable bonds is 5. The lowest BCUT2D eigenvalue weighted by Crippen LogP contribution is -2.19. The molecule has 0 amide bonds. The van der Waals surface area contributed by atoms with E-state index in [-0.39, 0.29) is 6.04 Å². The summed E-state index contributed by atoms with van der Waals surface area (Å²) < 4.78 is 2.08. The van der Waals surface area contributed by atoms with Gasteiger partial charge in [-0.2, -0.15) is 0 Å². The zero-order chi connectivity index (χ0) is 13.8. The summed E-state index contributed by atoms with van der Waals surface area (Å²) in [5, 5.41) is 1.30. The topological polar surface area (TPSA) is 43.8 Å². The second kappa shape index (κ2) is 6.42. The molecule has 0 radical (unpaired) electrons. The second-order valence-electron chi connectivity index (χ2n) is 4.49. The van der Waals surface area contributed by atoms with Gasteiger partial charge in [-0.3, -0.25) is 0 Å². The Kier molecular flexibility index (Phi) is 4.86. The summed E-state index contributed by atoms with van der Waals surface area (Å²) in [6.45, 7) is 3.04. The number of hydrogen-bond donors (Lipinski definition) is 1. The van der Waals surface area contributed by atoms with Gasteiger partial charge >= 0.3 is 0 Å². The standard InChI is InChI=1S/C14H17Cl2N3/c1-2-7-19-8-6-18-14(19)13(17)9-10-11(15)4-3-5-12(10)16/h3-6,8,13H,2,7,9,17H2,1H3. The highest BCUT2D eigenvalue weighted by Gasteiger charge is 2.16. The van der Waals surface area contributed by atoms with Crippen molar-refractivity contribution in [3.63, 3.8) is 0 Å². The lowest BCUT2D eigenvalue weighted by Gasteiger charge is -2.15. The molecular formula is C14H17Cl2N3. The molecule has 0 saturated heterocycles. The Balaban J connectivity index is 2.21. The molecule has 0 aliphatic carbocycles. The maximum atomic E-state index is 6.24. The molecule has 0 fully saturated rings. The van der Waals surface area contributed by atoms with Crippen molar-refractivity contribution in [3.05, 3.63) is 52.0 Å². The van der Waals surface area contributed by atoms with Crippen molar-refractivity contribution in [1.29, 1.82) is 0 Å². The summed E-state index contributed by atoms with van der Waals surface area (Å²) in [6.07, 6.45) is 5.36. The van der Waals surface area contributed by atoms with E-state index in [0.29, 0.717) is 16.5 Å². The van der Waals surface area contributed by atoms with Crippen LogP contribution in [0, 0.1) is 0 Å². The first-order valence-corrected chi connectivity index (χ1v) is 7.08. The second-order valence-corrected chi connectivity index (χ2v) is 5.30. The maximum Gasteiger partial charge on any atom is 0.125 e. The summed E-state index contributed by atoms with van der Waals surface area (Å²) in [7, 11) is 0. The third-order valence-electron chi connectivity index (χ3n) is 3.03. The Bertz CT molecular complexity index is 531. The number of benzene rings is 1. The molecule has 1 atom stereocenters. The first-order chi connectivity index (χ1) is 9.13. The van der Waals surface area contributed by atoms with E-state index >= 15 is 0 Å². The van der Waals surface area contributed by atoms with E-state index in [1.54, 1.807) is 6.20 Å². The molecule has 1 aromatic carbocycles. The van der Waals surface area contributed by atoms with Crippen molar-refractivity contribution >= 4 is 23.2 Å². The Labute approximate surface area is 123 Å². The fraction of sp³-hybridized carbons (Fsp3) is 0.357. The highest BCUT2D eigenvalue weighted by Crippen LogP contribution is 2.28. The van der Waals surface area contributed by atoms with E-state index in [0.717, 1.165) is 24.4 Å². The average molecular weight is 298 g/mol. The van der Waals surface area contributed by atoms with Crippen molar-refractivity contribution in [3.8, 4) is 0 Å². The van der Waals surface area contributed by atoms with E-state index in [1.165, 1.54) is 0 Å². The molecule has 19 heavy (non-hydrogen) atoms. The van der Waals surface area contributed by atoms with Crippen LogP contribution in [0.5, 0.6) is 0 Å². The van der Waals surface area contributed by atoms with Crippen LogP contribution in [0.3, 0.4) is 0 Å². The molecule has 0 bridgehead atoms. The zero-order valence-electron chi connectivity index (χ0n) is 10.8. The first-order valence-electron chi connectivity index (χ1n) is 6.33. The largest absolute Gasteiger partial charge is 0.334 e. The van der Waals surface area contributed by atoms with Gasteiger partial charge in [-0.1, -0.05) is 36.2 Å². The number of imidazole rings is 1. The van der Waals surface area contributed by atoms with Gasteiger partial charge < -0.3 is 10.3 Å². The number of halogens is 2. The van der Waals surface area contributed by atoms with E-state index in [9.17, 15) is 0 Å². The summed E-state index contributed by atoms with van der Waals surface area (Å²) in [5.41, 5.74) is 7.12. The molecule has 0 saturated carbocycles. The molecule has 1 heterocycles. The quantitative estimate of drug-likeness (QED) is 0.911. The number of hydrogen-bond acceptors (Lipinski definition) is 2. The van der Waals surface area contributed by atoms with E-state index in [2.05, 4.69) is 16.5 Å². The fourth-order valence-corrected chi connectivity index (χ4v) is 2.67. The molecule has 2 N–H and O–H groups in total. The lowest BCUT2D eigenvalue weighted by atomic mass is 10.1. The predicted molar refractivity (Wildman–Crippen MR) is 79.6 cm³/mol. The van der Waals surface area contributed by atoms with Gasteiger partial charge in [-0.05, 0) is 30.5 Å². The zero-order valence-corrected chi connectivity index (χ0v) is 12.3. The molecule has 3 nitrogen and oxygen atoms in total.